The van der Waals surface area contributed by atoms with E-state index in [9.17, 15) is 5.11 Å². The van der Waals surface area contributed by atoms with E-state index < -0.39 is 5.60 Å². The highest BCUT2D eigenvalue weighted by Crippen LogP contribution is 2.30. The van der Waals surface area contributed by atoms with E-state index >= 15 is 0 Å². The molecule has 1 fully saturated rings. The van der Waals surface area contributed by atoms with Crippen molar-refractivity contribution in [1.29, 1.82) is 5.26 Å². The molecule has 1 aliphatic rings. The van der Waals surface area contributed by atoms with E-state index in [0.29, 0.717) is 6.54 Å². The Kier molecular flexibility index (Phi) is 3.06. The van der Waals surface area contributed by atoms with Crippen LogP contribution in [0.3, 0.4) is 0 Å². The van der Waals surface area contributed by atoms with Crippen molar-refractivity contribution in [1.82, 2.24) is 5.32 Å². The Morgan fingerprint density at radius 3 is 2.87 bits per heavy atom. The minimum Gasteiger partial charge on any atom is -0.389 e. The normalized spacial score (nSPS) is 18.1. The molecule has 1 aromatic heterocycles. The molecule has 0 amide bonds. The molecule has 1 aromatic rings. The summed E-state index contributed by atoms with van der Waals surface area (Å²) >= 11 is 1.50. The lowest BCUT2D eigenvalue weighted by Crippen LogP contribution is -2.45. The molecule has 80 valence electrons. The molecule has 1 saturated carbocycles. The van der Waals surface area contributed by atoms with E-state index in [1.165, 1.54) is 11.3 Å². The fourth-order valence-corrected chi connectivity index (χ4v) is 2.49. The van der Waals surface area contributed by atoms with Crippen molar-refractivity contribution in [2.24, 2.45) is 0 Å². The average molecular weight is 222 g/mol. The first kappa shape index (κ1) is 10.6. The highest BCUT2D eigenvalue weighted by Gasteiger charge is 2.33. The Hall–Kier alpha value is -0.890. The Labute approximate surface area is 93.4 Å². The van der Waals surface area contributed by atoms with E-state index in [4.69, 9.17) is 5.26 Å². The summed E-state index contributed by atoms with van der Waals surface area (Å²) in [5.41, 5.74) is -0.463. The van der Waals surface area contributed by atoms with Crippen LogP contribution in [0.2, 0.25) is 0 Å². The molecule has 0 aliphatic heterocycles. The van der Waals surface area contributed by atoms with Crippen molar-refractivity contribution >= 4 is 11.3 Å². The van der Waals surface area contributed by atoms with Gasteiger partial charge in [0.25, 0.3) is 0 Å². The maximum Gasteiger partial charge on any atom is 0.110 e. The van der Waals surface area contributed by atoms with Gasteiger partial charge < -0.3 is 10.4 Å². The summed E-state index contributed by atoms with van der Waals surface area (Å²) in [6, 6.07) is 5.91. The summed E-state index contributed by atoms with van der Waals surface area (Å²) in [7, 11) is 0. The molecule has 0 saturated heterocycles. The van der Waals surface area contributed by atoms with Gasteiger partial charge in [-0.15, -0.1) is 11.3 Å². The van der Waals surface area contributed by atoms with Crippen LogP contribution in [0.4, 0.5) is 0 Å². The number of hydrogen-bond donors (Lipinski definition) is 2. The van der Waals surface area contributed by atoms with Crippen molar-refractivity contribution in [3.63, 3.8) is 0 Å². The number of nitrogens with zero attached hydrogens (tertiary/aromatic N) is 1. The fourth-order valence-electron chi connectivity index (χ4n) is 1.71. The third kappa shape index (κ3) is 2.57. The summed E-state index contributed by atoms with van der Waals surface area (Å²) in [5.74, 6) is 0. The van der Waals surface area contributed by atoms with Gasteiger partial charge in [0, 0.05) is 18.0 Å². The Bertz CT molecular complexity index is 376. The lowest BCUT2D eigenvalue weighted by molar-refractivity contribution is -0.0314. The molecule has 4 heteroatoms. The predicted octanol–water partition coefficient (Wildman–Crippen LogP) is 1.62. The van der Waals surface area contributed by atoms with Crippen LogP contribution < -0.4 is 5.32 Å². The van der Waals surface area contributed by atoms with Crippen LogP contribution in [0.15, 0.2) is 12.1 Å². The molecule has 0 aromatic carbocycles. The minimum absolute atomic E-state index is 0.463. The smallest absolute Gasteiger partial charge is 0.110 e. The molecule has 2 N–H and O–H groups in total. The molecule has 1 heterocycles. The van der Waals surface area contributed by atoms with Crippen LogP contribution >= 0.6 is 11.3 Å². The van der Waals surface area contributed by atoms with Gasteiger partial charge >= 0.3 is 0 Å². The molecule has 0 bridgehead atoms. The standard InChI is InChI=1S/C11H14N2OS/c12-6-9-2-3-10(15-9)7-13-8-11(14)4-1-5-11/h2-3,13-14H,1,4-5,7-8H2. The van der Waals surface area contributed by atoms with Crippen molar-refractivity contribution in [2.75, 3.05) is 6.54 Å². The third-order valence-corrected chi connectivity index (χ3v) is 3.80. The van der Waals surface area contributed by atoms with Gasteiger partial charge in [-0.3, -0.25) is 0 Å². The van der Waals surface area contributed by atoms with E-state index in [-0.39, 0.29) is 0 Å². The lowest BCUT2D eigenvalue weighted by atomic mass is 9.80. The van der Waals surface area contributed by atoms with Gasteiger partial charge in [-0.2, -0.15) is 5.26 Å². The average Bonchev–Trinajstić information content (AvgIpc) is 2.63. The van der Waals surface area contributed by atoms with Crippen molar-refractivity contribution < 1.29 is 5.11 Å². The van der Waals surface area contributed by atoms with Gasteiger partial charge in [0.1, 0.15) is 10.9 Å². The molecule has 1 aliphatic carbocycles. The summed E-state index contributed by atoms with van der Waals surface area (Å²) in [5, 5.41) is 21.7. The first-order valence-corrected chi connectivity index (χ1v) is 5.95. The van der Waals surface area contributed by atoms with Crippen LogP contribution in [0, 0.1) is 11.3 Å². The summed E-state index contributed by atoms with van der Waals surface area (Å²) in [4.78, 5) is 1.89. The van der Waals surface area contributed by atoms with Gasteiger partial charge in [-0.25, -0.2) is 0 Å². The zero-order chi connectivity index (χ0) is 10.7. The Balaban J connectivity index is 1.76. The van der Waals surface area contributed by atoms with Crippen LogP contribution in [0.1, 0.15) is 29.0 Å². The summed E-state index contributed by atoms with van der Waals surface area (Å²) < 4.78 is 0. The monoisotopic (exact) mass is 222 g/mol. The Morgan fingerprint density at radius 1 is 1.53 bits per heavy atom. The minimum atomic E-state index is -0.463. The van der Waals surface area contributed by atoms with Crippen LogP contribution in [-0.4, -0.2) is 17.3 Å². The number of nitriles is 1. The second-order valence-corrected chi connectivity index (χ2v) is 5.23. The molecule has 2 rings (SSSR count). The van der Waals surface area contributed by atoms with Gasteiger partial charge in [0.05, 0.1) is 5.60 Å². The molecule has 0 unspecified atom stereocenters. The second kappa shape index (κ2) is 4.31. The highest BCUT2D eigenvalue weighted by atomic mass is 32.1. The fraction of sp³-hybridized carbons (Fsp3) is 0.545. The maximum atomic E-state index is 9.83. The molecule has 0 atom stereocenters. The van der Waals surface area contributed by atoms with E-state index in [2.05, 4.69) is 11.4 Å². The van der Waals surface area contributed by atoms with Crippen molar-refractivity contribution in [3.05, 3.63) is 21.9 Å². The van der Waals surface area contributed by atoms with Crippen molar-refractivity contribution in [2.45, 2.75) is 31.4 Å². The van der Waals surface area contributed by atoms with Crippen LogP contribution in [0.5, 0.6) is 0 Å². The molecular weight excluding hydrogens is 208 g/mol. The predicted molar refractivity (Wildman–Crippen MR) is 59.5 cm³/mol. The van der Waals surface area contributed by atoms with Gasteiger partial charge in [-0.1, -0.05) is 0 Å². The maximum absolute atomic E-state index is 9.83. The number of rotatable bonds is 4. The lowest BCUT2D eigenvalue weighted by Gasteiger charge is -2.36. The molecule has 15 heavy (non-hydrogen) atoms. The summed E-state index contributed by atoms with van der Waals surface area (Å²) in [6.07, 6.45) is 2.96. The number of thiophene rings is 1. The first-order chi connectivity index (χ1) is 7.22. The van der Waals surface area contributed by atoms with E-state index in [1.807, 2.05) is 12.1 Å². The van der Waals surface area contributed by atoms with Crippen molar-refractivity contribution in [3.8, 4) is 6.07 Å². The Morgan fingerprint density at radius 2 is 2.33 bits per heavy atom. The van der Waals surface area contributed by atoms with Crippen LogP contribution in [0.25, 0.3) is 0 Å². The highest BCUT2D eigenvalue weighted by molar-refractivity contribution is 7.12. The van der Waals surface area contributed by atoms with Gasteiger partial charge in [0.2, 0.25) is 0 Å². The van der Waals surface area contributed by atoms with Gasteiger partial charge in [-0.05, 0) is 31.4 Å². The van der Waals surface area contributed by atoms with E-state index in [1.54, 1.807) is 0 Å². The molecule has 3 nitrogen and oxygen atoms in total. The zero-order valence-electron chi connectivity index (χ0n) is 8.49. The number of aliphatic hydroxyl groups is 1. The largest absolute Gasteiger partial charge is 0.389 e. The topological polar surface area (TPSA) is 56.0 Å². The summed E-state index contributed by atoms with van der Waals surface area (Å²) in [6.45, 7) is 1.40. The number of hydrogen-bond acceptors (Lipinski definition) is 4. The number of nitrogens with one attached hydrogen (secondary N) is 1. The zero-order valence-corrected chi connectivity index (χ0v) is 9.31. The SMILES string of the molecule is N#Cc1ccc(CNCC2(O)CCC2)s1. The molecule has 0 radical (unpaired) electrons. The quantitative estimate of drug-likeness (QED) is 0.814. The van der Waals surface area contributed by atoms with Gasteiger partial charge in [0.15, 0.2) is 0 Å². The first-order valence-electron chi connectivity index (χ1n) is 5.14. The van der Waals surface area contributed by atoms with Crippen LogP contribution in [-0.2, 0) is 6.54 Å². The molecular formula is C11H14N2OS. The van der Waals surface area contributed by atoms with E-state index in [0.717, 1.165) is 35.6 Å². The third-order valence-electron chi connectivity index (χ3n) is 2.81. The second-order valence-electron chi connectivity index (χ2n) is 4.06. The molecule has 0 spiro atoms.